The third kappa shape index (κ3) is 9.23. The number of rotatable bonds is 13. The predicted molar refractivity (Wildman–Crippen MR) is 181 cm³/mol. The van der Waals surface area contributed by atoms with Crippen LogP contribution in [0.25, 0.3) is 0 Å². The molecule has 0 aliphatic heterocycles. The Hall–Kier alpha value is -3.56. The quantitative estimate of drug-likeness (QED) is 0.159. The molecule has 4 aromatic carbocycles. The van der Waals surface area contributed by atoms with E-state index in [0.29, 0.717) is 21.5 Å². The van der Waals surface area contributed by atoms with Gasteiger partial charge in [-0.15, -0.1) is 0 Å². The van der Waals surface area contributed by atoms with Crippen LogP contribution in [0.5, 0.6) is 0 Å². The number of hydrogen-bond donors (Lipinski definition) is 1. The fraction of sp³-hybridized carbons (Fsp3) is 0.235. The van der Waals surface area contributed by atoms with Crippen LogP contribution >= 0.6 is 34.8 Å². The molecule has 1 N–H and O–H groups in total. The van der Waals surface area contributed by atoms with Gasteiger partial charge in [-0.2, -0.15) is 0 Å². The summed E-state index contributed by atoms with van der Waals surface area (Å²) in [6, 6.07) is 27.2. The molecular formula is C34H34Cl3N3O4S. The van der Waals surface area contributed by atoms with Gasteiger partial charge in [0.05, 0.1) is 10.6 Å². The summed E-state index contributed by atoms with van der Waals surface area (Å²) in [6.45, 7) is 3.28. The van der Waals surface area contributed by atoms with Gasteiger partial charge in [0.25, 0.3) is 10.0 Å². The second-order valence-electron chi connectivity index (χ2n) is 10.6. The van der Waals surface area contributed by atoms with Gasteiger partial charge < -0.3 is 10.2 Å². The lowest BCUT2D eigenvalue weighted by atomic mass is 10.0. The van der Waals surface area contributed by atoms with Gasteiger partial charge in [-0.25, -0.2) is 8.42 Å². The molecular weight excluding hydrogens is 653 g/mol. The summed E-state index contributed by atoms with van der Waals surface area (Å²) in [6.07, 6.45) is 0.903. The Morgan fingerprint density at radius 3 is 2.00 bits per heavy atom. The number of anilines is 1. The van der Waals surface area contributed by atoms with E-state index in [-0.39, 0.29) is 35.5 Å². The topological polar surface area (TPSA) is 86.8 Å². The average molecular weight is 687 g/mol. The smallest absolute Gasteiger partial charge is 0.264 e. The minimum absolute atomic E-state index is 0.0335. The maximum Gasteiger partial charge on any atom is 0.264 e. The van der Waals surface area contributed by atoms with Crippen LogP contribution in [0.15, 0.2) is 108 Å². The summed E-state index contributed by atoms with van der Waals surface area (Å²) in [7, 11) is -4.27. The molecule has 0 aromatic heterocycles. The van der Waals surface area contributed by atoms with E-state index in [2.05, 4.69) is 5.32 Å². The van der Waals surface area contributed by atoms with E-state index >= 15 is 0 Å². The minimum atomic E-state index is -4.27. The van der Waals surface area contributed by atoms with E-state index in [0.717, 1.165) is 15.4 Å². The van der Waals surface area contributed by atoms with Gasteiger partial charge in [0, 0.05) is 34.1 Å². The SMILES string of the molecule is CC[C@@H](C)NC(=O)[C@@H](Cc1ccccc1)N(Cc1ccc(Cl)cc1)C(=O)CN(c1cccc(Cl)c1)S(=O)(=O)c1ccc(Cl)cc1. The molecule has 0 saturated carbocycles. The van der Waals surface area contributed by atoms with Gasteiger partial charge in [0.1, 0.15) is 12.6 Å². The van der Waals surface area contributed by atoms with E-state index in [9.17, 15) is 18.0 Å². The fourth-order valence-corrected chi connectivity index (χ4v) is 6.52. The van der Waals surface area contributed by atoms with Gasteiger partial charge in [0.2, 0.25) is 11.8 Å². The summed E-state index contributed by atoms with van der Waals surface area (Å²) in [5, 5.41) is 4.20. The molecule has 2 atom stereocenters. The van der Waals surface area contributed by atoms with Crippen molar-refractivity contribution in [3.05, 3.63) is 129 Å². The molecule has 4 rings (SSSR count). The first kappa shape index (κ1) is 34.3. The first-order chi connectivity index (χ1) is 21.5. The molecule has 0 unspecified atom stereocenters. The van der Waals surface area contributed by atoms with Gasteiger partial charge in [0.15, 0.2) is 0 Å². The molecule has 0 radical (unpaired) electrons. The van der Waals surface area contributed by atoms with Crippen LogP contribution < -0.4 is 9.62 Å². The van der Waals surface area contributed by atoms with Crippen LogP contribution in [0.4, 0.5) is 5.69 Å². The van der Waals surface area contributed by atoms with Gasteiger partial charge in [-0.3, -0.25) is 13.9 Å². The standard InChI is InChI=1S/C34H34Cl3N3O4S/c1-3-24(2)38-34(42)32(20-25-8-5-4-6-9-25)39(22-26-12-14-27(35)15-13-26)33(41)23-40(30-11-7-10-29(37)21-30)45(43,44)31-18-16-28(36)17-19-31/h4-19,21,24,32H,3,20,22-23H2,1-2H3,(H,38,42)/t24-,32-/m1/s1. The minimum Gasteiger partial charge on any atom is -0.352 e. The summed E-state index contributed by atoms with van der Waals surface area (Å²) in [4.78, 5) is 29.7. The maximum atomic E-state index is 14.5. The molecule has 7 nitrogen and oxygen atoms in total. The predicted octanol–water partition coefficient (Wildman–Crippen LogP) is 7.40. The molecule has 45 heavy (non-hydrogen) atoms. The molecule has 2 amide bonds. The normalized spacial score (nSPS) is 12.6. The lowest BCUT2D eigenvalue weighted by Gasteiger charge is -2.34. The molecule has 0 heterocycles. The summed E-state index contributed by atoms with van der Waals surface area (Å²) >= 11 is 18.4. The molecule has 0 bridgehead atoms. The zero-order chi connectivity index (χ0) is 32.6. The highest BCUT2D eigenvalue weighted by molar-refractivity contribution is 7.92. The first-order valence-corrected chi connectivity index (χ1v) is 17.0. The zero-order valence-electron chi connectivity index (χ0n) is 24.9. The largest absolute Gasteiger partial charge is 0.352 e. The molecule has 0 aliphatic carbocycles. The van der Waals surface area contributed by atoms with E-state index in [1.165, 1.54) is 35.2 Å². The van der Waals surface area contributed by atoms with Crippen molar-refractivity contribution in [2.24, 2.45) is 0 Å². The Morgan fingerprint density at radius 2 is 1.40 bits per heavy atom. The van der Waals surface area contributed by atoms with Crippen molar-refractivity contribution in [3.8, 4) is 0 Å². The van der Waals surface area contributed by atoms with E-state index in [1.807, 2.05) is 44.2 Å². The lowest BCUT2D eigenvalue weighted by Crippen LogP contribution is -2.54. The van der Waals surface area contributed by atoms with Gasteiger partial charge in [-0.05, 0) is 79.1 Å². The molecule has 236 valence electrons. The second kappa shape index (κ2) is 15.6. The zero-order valence-corrected chi connectivity index (χ0v) is 28.0. The highest BCUT2D eigenvalue weighted by Crippen LogP contribution is 2.28. The van der Waals surface area contributed by atoms with E-state index < -0.39 is 28.5 Å². The van der Waals surface area contributed by atoms with Crippen LogP contribution in [0.1, 0.15) is 31.4 Å². The molecule has 0 spiro atoms. The van der Waals surface area contributed by atoms with Crippen LogP contribution in [0.3, 0.4) is 0 Å². The van der Waals surface area contributed by atoms with Crippen LogP contribution in [-0.2, 0) is 32.6 Å². The highest BCUT2D eigenvalue weighted by atomic mass is 35.5. The summed E-state index contributed by atoms with van der Waals surface area (Å²) < 4.78 is 29.1. The molecule has 0 aliphatic rings. The number of carbonyl (C=O) groups excluding carboxylic acids is 2. The van der Waals surface area contributed by atoms with E-state index in [1.54, 1.807) is 42.5 Å². The highest BCUT2D eigenvalue weighted by Gasteiger charge is 2.35. The van der Waals surface area contributed by atoms with Crippen molar-refractivity contribution in [1.82, 2.24) is 10.2 Å². The maximum absolute atomic E-state index is 14.5. The van der Waals surface area contributed by atoms with Gasteiger partial charge in [-0.1, -0.05) is 90.3 Å². The van der Waals surface area contributed by atoms with Crippen molar-refractivity contribution in [3.63, 3.8) is 0 Å². The van der Waals surface area contributed by atoms with Crippen molar-refractivity contribution < 1.29 is 18.0 Å². The monoisotopic (exact) mass is 685 g/mol. The van der Waals surface area contributed by atoms with Gasteiger partial charge >= 0.3 is 0 Å². The Balaban J connectivity index is 1.80. The van der Waals surface area contributed by atoms with E-state index in [4.69, 9.17) is 34.8 Å². The number of amides is 2. The fourth-order valence-electron chi connectivity index (χ4n) is 4.68. The number of nitrogens with zero attached hydrogens (tertiary/aromatic N) is 2. The summed E-state index contributed by atoms with van der Waals surface area (Å²) in [5.74, 6) is -0.923. The lowest BCUT2D eigenvalue weighted by molar-refractivity contribution is -0.140. The number of hydrogen-bond acceptors (Lipinski definition) is 4. The number of sulfonamides is 1. The van der Waals surface area contributed by atoms with Crippen molar-refractivity contribution >= 4 is 62.3 Å². The van der Waals surface area contributed by atoms with Crippen LogP contribution in [0, 0.1) is 0 Å². The van der Waals surface area contributed by atoms with Crippen LogP contribution in [-0.4, -0.2) is 43.8 Å². The van der Waals surface area contributed by atoms with Crippen LogP contribution in [0.2, 0.25) is 15.1 Å². The number of benzene rings is 4. The van der Waals surface area contributed by atoms with Crippen molar-refractivity contribution in [2.75, 3.05) is 10.8 Å². The number of carbonyl (C=O) groups is 2. The van der Waals surface area contributed by atoms with Crippen molar-refractivity contribution in [1.29, 1.82) is 0 Å². The second-order valence-corrected chi connectivity index (χ2v) is 13.8. The Bertz CT molecular complexity index is 1700. The number of halogens is 3. The molecule has 11 heteroatoms. The third-order valence-corrected chi connectivity index (χ3v) is 9.84. The average Bonchev–Trinajstić information content (AvgIpc) is 3.02. The first-order valence-electron chi connectivity index (χ1n) is 14.4. The molecule has 0 saturated heterocycles. The third-order valence-electron chi connectivity index (χ3n) is 7.31. The van der Waals surface area contributed by atoms with Crippen molar-refractivity contribution in [2.45, 2.75) is 50.2 Å². The Labute approximate surface area is 279 Å². The number of nitrogens with one attached hydrogen (secondary N) is 1. The Morgan fingerprint density at radius 1 is 0.778 bits per heavy atom. The summed E-state index contributed by atoms with van der Waals surface area (Å²) in [5.41, 5.74) is 1.76. The Kier molecular flexibility index (Phi) is 11.9. The molecule has 4 aromatic rings. The molecule has 0 fully saturated rings.